The zero-order chi connectivity index (χ0) is 18.3. The van der Waals surface area contributed by atoms with Gasteiger partial charge < -0.3 is 14.8 Å². The predicted octanol–water partition coefficient (Wildman–Crippen LogP) is 1.08. The molecule has 1 aromatic rings. The van der Waals surface area contributed by atoms with Crippen LogP contribution >= 0.6 is 0 Å². The van der Waals surface area contributed by atoms with Gasteiger partial charge in [0.2, 0.25) is 15.9 Å². The average Bonchev–Trinajstić information content (AvgIpc) is 2.51. The summed E-state index contributed by atoms with van der Waals surface area (Å²) in [5.41, 5.74) is 1.78. The predicted molar refractivity (Wildman–Crippen MR) is 90.6 cm³/mol. The van der Waals surface area contributed by atoms with E-state index < -0.39 is 10.0 Å². The van der Waals surface area contributed by atoms with Gasteiger partial charge in [-0.2, -0.15) is 0 Å². The Morgan fingerprint density at radius 3 is 2.29 bits per heavy atom. The number of aryl methyl sites for hydroxylation is 2. The number of sulfonamides is 1. The summed E-state index contributed by atoms with van der Waals surface area (Å²) in [5.74, 6) is -0.0723. The van der Waals surface area contributed by atoms with E-state index in [2.05, 4.69) is 10.0 Å². The van der Waals surface area contributed by atoms with Gasteiger partial charge in [-0.15, -0.1) is 0 Å². The highest BCUT2D eigenvalue weighted by atomic mass is 32.2. The first-order chi connectivity index (χ1) is 11.2. The molecule has 0 heterocycles. The molecule has 134 valence electrons. The minimum atomic E-state index is -3.75. The molecule has 0 aliphatic carbocycles. The third-order valence-corrected chi connectivity index (χ3v) is 5.00. The molecule has 24 heavy (non-hydrogen) atoms. The summed E-state index contributed by atoms with van der Waals surface area (Å²) < 4.78 is 32.3. The number of benzene rings is 1. The number of methoxy groups -OCH3 is 1. The highest BCUT2D eigenvalue weighted by Crippen LogP contribution is 2.26. The minimum Gasteiger partial charge on any atom is -0.495 e. The van der Waals surface area contributed by atoms with Crippen molar-refractivity contribution in [2.24, 2.45) is 0 Å². The number of ketones is 1. The quantitative estimate of drug-likeness (QED) is 0.645. The molecule has 0 aliphatic heterocycles. The fraction of sp³-hybridized carbons (Fsp3) is 0.500. The maximum atomic E-state index is 12.4. The molecular formula is C16H24N2O5S. The van der Waals surface area contributed by atoms with E-state index in [1.807, 2.05) is 13.8 Å². The summed E-state index contributed by atoms with van der Waals surface area (Å²) in [7, 11) is -2.33. The number of ether oxygens (including phenoxy) is 1. The van der Waals surface area contributed by atoms with E-state index in [-0.39, 0.29) is 48.3 Å². The third-order valence-electron chi connectivity index (χ3n) is 3.51. The van der Waals surface area contributed by atoms with Crippen LogP contribution in [0.15, 0.2) is 17.0 Å². The zero-order valence-corrected chi connectivity index (χ0v) is 15.2. The van der Waals surface area contributed by atoms with Crippen molar-refractivity contribution in [2.45, 2.75) is 38.5 Å². The Kier molecular flexibility index (Phi) is 7.37. The fourth-order valence-electron chi connectivity index (χ4n) is 1.98. The maximum Gasteiger partial charge on any atom is 0.244 e. The van der Waals surface area contributed by atoms with Crippen molar-refractivity contribution in [3.63, 3.8) is 0 Å². The molecule has 0 saturated carbocycles. The van der Waals surface area contributed by atoms with Gasteiger partial charge in [-0.25, -0.2) is 13.1 Å². The number of hydrogen-bond acceptors (Lipinski definition) is 5. The van der Waals surface area contributed by atoms with E-state index in [0.717, 1.165) is 11.1 Å². The highest BCUT2D eigenvalue weighted by molar-refractivity contribution is 7.89. The van der Waals surface area contributed by atoms with Crippen LogP contribution in [0.1, 0.15) is 30.9 Å². The van der Waals surface area contributed by atoms with Crippen molar-refractivity contribution in [3.8, 4) is 5.75 Å². The average molecular weight is 356 g/mol. The first kappa shape index (κ1) is 20.1. The van der Waals surface area contributed by atoms with Crippen LogP contribution in [0.25, 0.3) is 0 Å². The maximum absolute atomic E-state index is 12.4. The first-order valence-electron chi connectivity index (χ1n) is 7.58. The third kappa shape index (κ3) is 5.93. The van der Waals surface area contributed by atoms with E-state index in [1.54, 1.807) is 12.1 Å². The largest absolute Gasteiger partial charge is 0.495 e. The molecule has 1 amide bonds. The number of amides is 1. The van der Waals surface area contributed by atoms with Crippen molar-refractivity contribution in [3.05, 3.63) is 23.3 Å². The smallest absolute Gasteiger partial charge is 0.244 e. The van der Waals surface area contributed by atoms with Crippen LogP contribution in [0, 0.1) is 13.8 Å². The van der Waals surface area contributed by atoms with Gasteiger partial charge in [0, 0.05) is 25.9 Å². The standard InChI is InChI=1S/C16H24N2O5S/c1-11-9-14(23-4)15(10-12(11)2)24(21,22)18-8-7-17-16(20)6-5-13(3)19/h9-10,18H,5-8H2,1-4H3,(H,17,20). The summed E-state index contributed by atoms with van der Waals surface area (Å²) in [6, 6.07) is 3.23. The number of rotatable bonds is 9. The highest BCUT2D eigenvalue weighted by Gasteiger charge is 2.20. The Balaban J connectivity index is 2.63. The van der Waals surface area contributed by atoms with Gasteiger partial charge in [-0.1, -0.05) is 0 Å². The molecule has 0 unspecified atom stereocenters. The molecule has 0 saturated heterocycles. The topological polar surface area (TPSA) is 102 Å². The Bertz CT molecular complexity index is 713. The molecule has 0 atom stereocenters. The van der Waals surface area contributed by atoms with Gasteiger partial charge in [0.1, 0.15) is 16.4 Å². The molecule has 8 heteroatoms. The summed E-state index contributed by atoms with van der Waals surface area (Å²) in [6.07, 6.45) is 0.282. The summed E-state index contributed by atoms with van der Waals surface area (Å²) in [6.45, 7) is 5.30. The summed E-state index contributed by atoms with van der Waals surface area (Å²) in [5, 5.41) is 2.56. The molecule has 2 N–H and O–H groups in total. The van der Waals surface area contributed by atoms with Crippen LogP contribution in [-0.2, 0) is 19.6 Å². The number of Topliss-reactive ketones (excluding diaryl/α,β-unsaturated/α-hetero) is 1. The Morgan fingerprint density at radius 1 is 1.08 bits per heavy atom. The number of carbonyl (C=O) groups excluding carboxylic acids is 2. The second-order valence-electron chi connectivity index (χ2n) is 5.54. The second-order valence-corrected chi connectivity index (χ2v) is 7.27. The van der Waals surface area contributed by atoms with Crippen molar-refractivity contribution >= 4 is 21.7 Å². The summed E-state index contributed by atoms with van der Waals surface area (Å²) in [4.78, 5) is 22.3. The van der Waals surface area contributed by atoms with Crippen molar-refractivity contribution in [2.75, 3.05) is 20.2 Å². The molecule has 1 aromatic carbocycles. The molecule has 7 nitrogen and oxygen atoms in total. The van der Waals surface area contributed by atoms with Gasteiger partial charge in [-0.3, -0.25) is 4.79 Å². The van der Waals surface area contributed by atoms with Gasteiger partial charge >= 0.3 is 0 Å². The van der Waals surface area contributed by atoms with Crippen molar-refractivity contribution in [1.29, 1.82) is 0 Å². The second kappa shape index (κ2) is 8.79. The lowest BCUT2D eigenvalue weighted by atomic mass is 10.1. The monoisotopic (exact) mass is 356 g/mol. The summed E-state index contributed by atoms with van der Waals surface area (Å²) >= 11 is 0. The van der Waals surface area contributed by atoms with Crippen LogP contribution in [0.5, 0.6) is 5.75 Å². The van der Waals surface area contributed by atoms with Crippen LogP contribution < -0.4 is 14.8 Å². The van der Waals surface area contributed by atoms with Crippen molar-refractivity contribution < 1.29 is 22.7 Å². The Hall–Kier alpha value is -1.93. The van der Waals surface area contributed by atoms with E-state index in [9.17, 15) is 18.0 Å². The van der Waals surface area contributed by atoms with Crippen molar-refractivity contribution in [1.82, 2.24) is 10.0 Å². The molecule has 0 radical (unpaired) electrons. The first-order valence-corrected chi connectivity index (χ1v) is 9.06. The lowest BCUT2D eigenvalue weighted by Crippen LogP contribution is -2.34. The van der Waals surface area contributed by atoms with Gasteiger partial charge in [0.05, 0.1) is 7.11 Å². The normalized spacial score (nSPS) is 11.2. The fourth-order valence-corrected chi connectivity index (χ4v) is 3.24. The Morgan fingerprint density at radius 2 is 1.71 bits per heavy atom. The van der Waals surface area contributed by atoms with E-state index >= 15 is 0 Å². The number of hydrogen-bond donors (Lipinski definition) is 2. The molecule has 1 rings (SSSR count). The molecule has 0 aromatic heterocycles. The van der Waals surface area contributed by atoms with Crippen LogP contribution in [-0.4, -0.2) is 40.3 Å². The lowest BCUT2D eigenvalue weighted by Gasteiger charge is -2.13. The van der Waals surface area contributed by atoms with Crippen LogP contribution in [0.3, 0.4) is 0 Å². The SMILES string of the molecule is COc1cc(C)c(C)cc1S(=O)(=O)NCCNC(=O)CCC(C)=O. The van der Waals surface area contributed by atoms with Crippen LogP contribution in [0.2, 0.25) is 0 Å². The minimum absolute atomic E-state index is 0.0459. The molecular weight excluding hydrogens is 332 g/mol. The molecule has 0 fully saturated rings. The Labute approximate surface area is 142 Å². The molecule has 0 aliphatic rings. The van der Waals surface area contributed by atoms with Gasteiger partial charge in [0.25, 0.3) is 0 Å². The number of nitrogens with one attached hydrogen (secondary N) is 2. The van der Waals surface area contributed by atoms with Gasteiger partial charge in [-0.05, 0) is 44.0 Å². The van der Waals surface area contributed by atoms with E-state index in [1.165, 1.54) is 14.0 Å². The molecule has 0 spiro atoms. The van der Waals surface area contributed by atoms with Gasteiger partial charge in [0.15, 0.2) is 0 Å². The van der Waals surface area contributed by atoms with E-state index in [0.29, 0.717) is 0 Å². The van der Waals surface area contributed by atoms with E-state index in [4.69, 9.17) is 4.74 Å². The van der Waals surface area contributed by atoms with Crippen LogP contribution in [0.4, 0.5) is 0 Å². The number of carbonyl (C=O) groups is 2. The lowest BCUT2D eigenvalue weighted by molar-refractivity contribution is -0.124. The zero-order valence-electron chi connectivity index (χ0n) is 14.4. The molecule has 0 bridgehead atoms.